The second-order valence-electron chi connectivity index (χ2n) is 5.26. The topological polar surface area (TPSA) is 79.3 Å². The zero-order valence-electron chi connectivity index (χ0n) is 10.5. The molecule has 0 bridgehead atoms. The van der Waals surface area contributed by atoms with Crippen molar-refractivity contribution in [2.45, 2.75) is 43.9 Å². The lowest BCUT2D eigenvalue weighted by atomic mass is 10.0. The van der Waals surface area contributed by atoms with Crippen LogP contribution in [0, 0.1) is 5.92 Å². The molecule has 2 rings (SSSR count). The van der Waals surface area contributed by atoms with Gasteiger partial charge in [0.25, 0.3) is 10.0 Å². The molecule has 1 aliphatic rings. The van der Waals surface area contributed by atoms with Gasteiger partial charge in [0, 0.05) is 11.7 Å². The second-order valence-corrected chi connectivity index (χ2v) is 6.89. The van der Waals surface area contributed by atoms with Gasteiger partial charge in [-0.15, -0.1) is 0 Å². The molecule has 1 aromatic heterocycles. The van der Waals surface area contributed by atoms with E-state index in [9.17, 15) is 8.42 Å². The lowest BCUT2D eigenvalue weighted by Gasteiger charge is -2.25. The number of hydrogen-bond acceptors (Lipinski definition) is 4. The van der Waals surface area contributed by atoms with Crippen LogP contribution in [-0.2, 0) is 16.6 Å². The van der Waals surface area contributed by atoms with Gasteiger partial charge < -0.3 is 5.11 Å². The summed E-state index contributed by atoms with van der Waals surface area (Å²) in [6.07, 6.45) is 3.50. The maximum Gasteiger partial charge on any atom is 0.258 e. The molecule has 1 heterocycles. The Hall–Kier alpha value is -0.980. The highest BCUT2D eigenvalue weighted by Crippen LogP contribution is 2.39. The molecule has 0 spiro atoms. The molecule has 0 amide bonds. The number of hydrogen-bond donors (Lipinski definition) is 2. The largest absolute Gasteiger partial charge is 0.392 e. The van der Waals surface area contributed by atoms with Crippen LogP contribution in [0.5, 0.6) is 0 Å². The number of sulfonamides is 1. The van der Waals surface area contributed by atoms with Gasteiger partial charge in [0.1, 0.15) is 0 Å². The average Bonchev–Trinajstić information content (AvgIpc) is 3.12. The summed E-state index contributed by atoms with van der Waals surface area (Å²) in [4.78, 5) is 3.87. The Kier molecular flexibility index (Phi) is 3.44. The molecule has 1 aromatic rings. The van der Waals surface area contributed by atoms with E-state index in [-0.39, 0.29) is 11.6 Å². The maximum absolute atomic E-state index is 12.1. The van der Waals surface area contributed by atoms with Gasteiger partial charge in [0.05, 0.1) is 6.61 Å². The van der Waals surface area contributed by atoms with Crippen molar-refractivity contribution in [2.24, 2.45) is 5.92 Å². The average molecular weight is 270 g/mol. The first-order valence-corrected chi connectivity index (χ1v) is 7.43. The minimum Gasteiger partial charge on any atom is -0.392 e. The molecular formula is C12H18N2O3S. The molecule has 0 atom stereocenters. The fourth-order valence-corrected chi connectivity index (χ4v) is 3.35. The van der Waals surface area contributed by atoms with Crippen molar-refractivity contribution >= 4 is 10.0 Å². The van der Waals surface area contributed by atoms with E-state index in [0.29, 0.717) is 11.5 Å². The predicted octanol–water partition coefficient (Wildman–Crippen LogP) is 1.04. The fraction of sp³-hybridized carbons (Fsp3) is 0.583. The summed E-state index contributed by atoms with van der Waals surface area (Å²) in [5.41, 5.74) is 0.159. The first-order valence-electron chi connectivity index (χ1n) is 5.95. The summed E-state index contributed by atoms with van der Waals surface area (Å²) in [6.45, 7) is 3.64. The Morgan fingerprint density at radius 2 is 2.11 bits per heavy atom. The van der Waals surface area contributed by atoms with Gasteiger partial charge >= 0.3 is 0 Å². The number of aliphatic hydroxyl groups is 1. The Labute approximate surface area is 107 Å². The van der Waals surface area contributed by atoms with Gasteiger partial charge in [-0.3, -0.25) is 0 Å². The van der Waals surface area contributed by atoms with Crippen molar-refractivity contribution in [2.75, 3.05) is 0 Å². The van der Waals surface area contributed by atoms with E-state index >= 15 is 0 Å². The van der Waals surface area contributed by atoms with Gasteiger partial charge in [-0.1, -0.05) is 6.07 Å². The SMILES string of the molecule is CC(C)(NS(=O)(=O)c1ccc(CO)cn1)C1CC1. The lowest BCUT2D eigenvalue weighted by molar-refractivity contribution is 0.281. The van der Waals surface area contributed by atoms with Crippen molar-refractivity contribution in [1.29, 1.82) is 0 Å². The lowest BCUT2D eigenvalue weighted by Crippen LogP contribution is -2.45. The summed E-state index contributed by atoms with van der Waals surface area (Å²) >= 11 is 0. The molecule has 0 aromatic carbocycles. The van der Waals surface area contributed by atoms with Crippen molar-refractivity contribution in [3.8, 4) is 0 Å². The first kappa shape index (κ1) is 13.5. The summed E-state index contributed by atoms with van der Waals surface area (Å²) in [7, 11) is -3.59. The van der Waals surface area contributed by atoms with Gasteiger partial charge in [-0.05, 0) is 44.2 Å². The Morgan fingerprint density at radius 3 is 2.56 bits per heavy atom. The summed E-state index contributed by atoms with van der Waals surface area (Å²) in [5, 5.41) is 8.89. The number of nitrogens with one attached hydrogen (secondary N) is 1. The standard InChI is InChI=1S/C12H18N2O3S/c1-12(2,10-4-5-10)14-18(16,17)11-6-3-9(8-15)7-13-11/h3,6-7,10,14-15H,4-5,8H2,1-2H3. The molecule has 100 valence electrons. The smallest absolute Gasteiger partial charge is 0.258 e. The summed E-state index contributed by atoms with van der Waals surface area (Å²) in [5.74, 6) is 0.406. The molecule has 0 unspecified atom stereocenters. The van der Waals surface area contributed by atoms with E-state index < -0.39 is 15.6 Å². The molecule has 6 heteroatoms. The van der Waals surface area contributed by atoms with Gasteiger partial charge in [-0.2, -0.15) is 0 Å². The van der Waals surface area contributed by atoms with Gasteiger partial charge in [-0.25, -0.2) is 18.1 Å². The minimum absolute atomic E-state index is 0.00609. The third-order valence-electron chi connectivity index (χ3n) is 3.25. The van der Waals surface area contributed by atoms with Crippen LogP contribution in [0.3, 0.4) is 0 Å². The summed E-state index contributed by atoms with van der Waals surface area (Å²) in [6, 6.07) is 2.97. The normalized spacial score (nSPS) is 16.8. The van der Waals surface area contributed by atoms with Crippen molar-refractivity contribution < 1.29 is 13.5 Å². The van der Waals surface area contributed by atoms with E-state index in [1.165, 1.54) is 12.3 Å². The van der Waals surface area contributed by atoms with Crippen molar-refractivity contribution in [1.82, 2.24) is 9.71 Å². The monoisotopic (exact) mass is 270 g/mol. The van der Waals surface area contributed by atoms with E-state index in [1.807, 2.05) is 13.8 Å². The highest BCUT2D eigenvalue weighted by molar-refractivity contribution is 7.89. The Bertz CT molecular complexity index is 519. The highest BCUT2D eigenvalue weighted by Gasteiger charge is 2.40. The number of rotatable bonds is 5. The second kappa shape index (κ2) is 4.60. The molecule has 5 nitrogen and oxygen atoms in total. The van der Waals surface area contributed by atoms with E-state index in [0.717, 1.165) is 12.8 Å². The molecule has 0 saturated heterocycles. The first-order chi connectivity index (χ1) is 8.35. The Morgan fingerprint density at radius 1 is 1.44 bits per heavy atom. The van der Waals surface area contributed by atoms with Gasteiger partial charge in [0.15, 0.2) is 5.03 Å². The number of aliphatic hydroxyl groups excluding tert-OH is 1. The number of nitrogens with zero attached hydrogens (tertiary/aromatic N) is 1. The number of aromatic nitrogens is 1. The van der Waals surface area contributed by atoms with Crippen LogP contribution in [-0.4, -0.2) is 24.0 Å². The van der Waals surface area contributed by atoms with E-state index in [2.05, 4.69) is 9.71 Å². The van der Waals surface area contributed by atoms with Crippen LogP contribution in [0.15, 0.2) is 23.4 Å². The number of pyridine rings is 1. The zero-order valence-corrected chi connectivity index (χ0v) is 11.4. The predicted molar refractivity (Wildman–Crippen MR) is 67.3 cm³/mol. The van der Waals surface area contributed by atoms with Gasteiger partial charge in [0.2, 0.25) is 0 Å². The molecule has 18 heavy (non-hydrogen) atoms. The van der Waals surface area contributed by atoms with Crippen molar-refractivity contribution in [3.63, 3.8) is 0 Å². The van der Waals surface area contributed by atoms with Crippen LogP contribution >= 0.6 is 0 Å². The summed E-state index contributed by atoms with van der Waals surface area (Å²) < 4.78 is 27.0. The molecule has 0 aliphatic heterocycles. The highest BCUT2D eigenvalue weighted by atomic mass is 32.2. The van der Waals surface area contributed by atoms with Crippen LogP contribution in [0.4, 0.5) is 0 Å². The van der Waals surface area contributed by atoms with Crippen LogP contribution in [0.1, 0.15) is 32.3 Å². The minimum atomic E-state index is -3.59. The third kappa shape index (κ3) is 2.88. The fourth-order valence-electron chi connectivity index (χ4n) is 1.95. The maximum atomic E-state index is 12.1. The zero-order chi connectivity index (χ0) is 13.4. The molecule has 1 saturated carbocycles. The van der Waals surface area contributed by atoms with Crippen LogP contribution in [0.2, 0.25) is 0 Å². The molecule has 0 radical (unpaired) electrons. The molecular weight excluding hydrogens is 252 g/mol. The van der Waals surface area contributed by atoms with Crippen LogP contribution < -0.4 is 4.72 Å². The van der Waals surface area contributed by atoms with E-state index in [4.69, 9.17) is 5.11 Å². The quantitative estimate of drug-likeness (QED) is 0.838. The van der Waals surface area contributed by atoms with Crippen molar-refractivity contribution in [3.05, 3.63) is 23.9 Å². The molecule has 1 aliphatic carbocycles. The van der Waals surface area contributed by atoms with Crippen LogP contribution in [0.25, 0.3) is 0 Å². The molecule has 1 fully saturated rings. The third-order valence-corrected chi connectivity index (χ3v) is 4.84. The Balaban J connectivity index is 2.19. The van der Waals surface area contributed by atoms with E-state index in [1.54, 1.807) is 6.07 Å². The molecule has 2 N–H and O–H groups in total.